The van der Waals surface area contributed by atoms with Crippen LogP contribution in [-0.2, 0) is 0 Å². The lowest BCUT2D eigenvalue weighted by atomic mass is 9.76. The van der Waals surface area contributed by atoms with E-state index in [2.05, 4.69) is 115 Å². The highest BCUT2D eigenvalue weighted by molar-refractivity contribution is 5.82. The maximum absolute atomic E-state index is 2.25. The Morgan fingerprint density at radius 3 is 1.04 bits per heavy atom. The van der Waals surface area contributed by atoms with E-state index in [-0.39, 0.29) is 0 Å². The molecule has 0 N–H and O–H groups in total. The zero-order valence-corrected chi connectivity index (χ0v) is 15.0. The van der Waals surface area contributed by atoms with Crippen molar-refractivity contribution < 1.29 is 0 Å². The average Bonchev–Trinajstić information content (AvgIpc) is 3.11. The van der Waals surface area contributed by atoms with E-state index >= 15 is 0 Å². The van der Waals surface area contributed by atoms with E-state index < -0.39 is 0 Å². The summed E-state index contributed by atoms with van der Waals surface area (Å²) in [5.74, 6) is 6.56. The van der Waals surface area contributed by atoms with Gasteiger partial charge in [0.1, 0.15) is 0 Å². The van der Waals surface area contributed by atoms with Gasteiger partial charge in [0.25, 0.3) is 0 Å². The van der Waals surface area contributed by atoms with Gasteiger partial charge in [-0.3, -0.25) is 0 Å². The zero-order chi connectivity index (χ0) is 18.1. The number of rotatable bonds is 3. The van der Waals surface area contributed by atoms with Crippen LogP contribution in [0.15, 0.2) is 115 Å². The van der Waals surface area contributed by atoms with E-state index in [1.54, 1.807) is 0 Å². The van der Waals surface area contributed by atoms with Crippen LogP contribution in [-0.4, -0.2) is 0 Å². The molecule has 3 aromatic carbocycles. The second-order valence-electron chi connectivity index (χ2n) is 6.77. The average molecular weight is 343 g/mol. The van der Waals surface area contributed by atoms with Crippen molar-refractivity contribution in [1.82, 2.24) is 0 Å². The van der Waals surface area contributed by atoms with Gasteiger partial charge in [-0.1, -0.05) is 115 Å². The van der Waals surface area contributed by atoms with Crippen molar-refractivity contribution in [2.24, 2.45) is 0 Å². The SMILES string of the molecule is C1=C[C]2[C](C=C1)[C](c1ccccc1)[C](c1ccccc1)[C]2c1ccccc1. The zero-order valence-electron chi connectivity index (χ0n) is 15.0. The molecule has 0 aromatic heterocycles. The van der Waals surface area contributed by atoms with Crippen molar-refractivity contribution >= 4 is 0 Å². The van der Waals surface area contributed by atoms with Gasteiger partial charge in [-0.05, 0) is 16.7 Å². The van der Waals surface area contributed by atoms with E-state index in [1.165, 1.54) is 46.3 Å². The van der Waals surface area contributed by atoms with Crippen LogP contribution in [0.1, 0.15) is 16.7 Å². The lowest BCUT2D eigenvalue weighted by Gasteiger charge is -2.26. The highest BCUT2D eigenvalue weighted by Crippen LogP contribution is 2.61. The Bertz CT molecular complexity index is 876. The number of hydrogen-bond acceptors (Lipinski definition) is 0. The van der Waals surface area contributed by atoms with Gasteiger partial charge >= 0.3 is 0 Å². The molecule has 127 valence electrons. The Hall–Kier alpha value is -2.86. The van der Waals surface area contributed by atoms with Crippen molar-refractivity contribution in [3.63, 3.8) is 0 Å². The van der Waals surface area contributed by atoms with Crippen LogP contribution in [0.2, 0.25) is 0 Å². The third-order valence-electron chi connectivity index (χ3n) is 5.15. The lowest BCUT2D eigenvalue weighted by molar-refractivity contribution is 1.06. The van der Waals surface area contributed by atoms with Crippen molar-refractivity contribution in [2.45, 2.75) is 0 Å². The van der Waals surface area contributed by atoms with Crippen LogP contribution in [0.3, 0.4) is 0 Å². The molecule has 0 saturated heterocycles. The van der Waals surface area contributed by atoms with Crippen molar-refractivity contribution in [3.8, 4) is 0 Å². The molecule has 3 aromatic rings. The molecular formula is C27H19. The van der Waals surface area contributed by atoms with E-state index in [0.717, 1.165) is 0 Å². The Morgan fingerprint density at radius 2 is 0.667 bits per heavy atom. The third kappa shape index (κ3) is 2.86. The van der Waals surface area contributed by atoms with Crippen LogP contribution in [0.4, 0.5) is 0 Å². The summed E-state index contributed by atoms with van der Waals surface area (Å²) in [6.45, 7) is 0. The third-order valence-corrected chi connectivity index (χ3v) is 5.15. The number of benzene rings is 3. The van der Waals surface area contributed by atoms with Crippen molar-refractivity contribution in [2.75, 3.05) is 0 Å². The fraction of sp³-hybridized carbons (Fsp3) is 0. The monoisotopic (exact) mass is 343 g/mol. The molecule has 0 aliphatic heterocycles. The van der Waals surface area contributed by atoms with E-state index in [0.29, 0.717) is 0 Å². The molecular weight excluding hydrogens is 324 g/mol. The predicted octanol–water partition coefficient (Wildman–Crippen LogP) is 6.14. The largest absolute Gasteiger partial charge is 0.0755 e. The van der Waals surface area contributed by atoms with Crippen molar-refractivity contribution in [1.29, 1.82) is 0 Å². The van der Waals surface area contributed by atoms with Gasteiger partial charge < -0.3 is 0 Å². The van der Waals surface area contributed by atoms with Crippen molar-refractivity contribution in [3.05, 3.63) is 162 Å². The molecule has 0 heterocycles. The fourth-order valence-corrected chi connectivity index (χ4v) is 4.02. The number of hydrogen-bond donors (Lipinski definition) is 0. The van der Waals surface area contributed by atoms with Gasteiger partial charge in [-0.25, -0.2) is 0 Å². The summed E-state index contributed by atoms with van der Waals surface area (Å²) in [5.41, 5.74) is 3.77. The molecule has 0 heteroatoms. The quantitative estimate of drug-likeness (QED) is 0.535. The number of fused-ring (bicyclic) bond motifs is 1. The predicted molar refractivity (Wildman–Crippen MR) is 111 cm³/mol. The van der Waals surface area contributed by atoms with Crippen LogP contribution in [0.25, 0.3) is 0 Å². The molecule has 0 amide bonds. The smallest absolute Gasteiger partial charge is 0.0298 e. The van der Waals surface area contributed by atoms with Gasteiger partial charge in [0.2, 0.25) is 0 Å². The molecule has 0 unspecified atom stereocenters. The molecule has 2 aliphatic carbocycles. The molecule has 1 saturated carbocycles. The molecule has 5 radical (unpaired) electrons. The first-order valence-electron chi connectivity index (χ1n) is 9.31. The minimum atomic E-state index is 1.26. The topological polar surface area (TPSA) is 0 Å². The minimum Gasteiger partial charge on any atom is -0.0755 e. The Kier molecular flexibility index (Phi) is 4.26. The summed E-state index contributed by atoms with van der Waals surface area (Å²) >= 11 is 0. The molecule has 0 spiro atoms. The second kappa shape index (κ2) is 7.04. The first kappa shape index (κ1) is 16.3. The molecule has 5 rings (SSSR count). The first-order chi connectivity index (χ1) is 13.4. The van der Waals surface area contributed by atoms with Gasteiger partial charge in [0.05, 0.1) is 0 Å². The lowest BCUT2D eigenvalue weighted by Crippen LogP contribution is -2.15. The van der Waals surface area contributed by atoms with Gasteiger partial charge in [-0.15, -0.1) is 0 Å². The maximum atomic E-state index is 2.25. The Labute approximate surface area is 161 Å². The molecule has 27 heavy (non-hydrogen) atoms. The summed E-state index contributed by atoms with van der Waals surface area (Å²) < 4.78 is 0. The second-order valence-corrected chi connectivity index (χ2v) is 6.77. The Balaban J connectivity index is 1.71. The Morgan fingerprint density at radius 1 is 0.333 bits per heavy atom. The van der Waals surface area contributed by atoms with Crippen LogP contribution >= 0.6 is 0 Å². The first-order valence-corrected chi connectivity index (χ1v) is 9.31. The molecule has 0 atom stereocenters. The summed E-state index contributed by atoms with van der Waals surface area (Å²) in [7, 11) is 0. The van der Waals surface area contributed by atoms with Crippen LogP contribution in [0, 0.1) is 29.6 Å². The van der Waals surface area contributed by atoms with E-state index in [4.69, 9.17) is 0 Å². The number of allylic oxidation sites excluding steroid dienone is 4. The molecule has 0 bridgehead atoms. The summed E-state index contributed by atoms with van der Waals surface area (Å²) in [5, 5.41) is 0. The standard InChI is InChI=1S/C27H19/c1-4-12-20(13-5-1)25-23-18-10-11-19-24(23)26(21-14-6-2-7-15-21)27(25)22-16-8-3-9-17-22/h1-19H. The summed E-state index contributed by atoms with van der Waals surface area (Å²) in [6, 6.07) is 32.2. The fourth-order valence-electron chi connectivity index (χ4n) is 4.02. The maximum Gasteiger partial charge on any atom is 0.0298 e. The normalized spacial score (nSPS) is 18.8. The van der Waals surface area contributed by atoms with Gasteiger partial charge in [0, 0.05) is 29.6 Å². The molecule has 0 nitrogen and oxygen atoms in total. The van der Waals surface area contributed by atoms with E-state index in [1.807, 2.05) is 0 Å². The van der Waals surface area contributed by atoms with Gasteiger partial charge in [-0.2, -0.15) is 0 Å². The van der Waals surface area contributed by atoms with Crippen LogP contribution < -0.4 is 0 Å². The molecule has 2 aliphatic rings. The van der Waals surface area contributed by atoms with E-state index in [9.17, 15) is 0 Å². The summed E-state index contributed by atoms with van der Waals surface area (Å²) in [6.07, 6.45) is 8.77. The molecule has 1 fully saturated rings. The highest BCUT2D eigenvalue weighted by Gasteiger charge is 2.52. The summed E-state index contributed by atoms with van der Waals surface area (Å²) in [4.78, 5) is 0. The highest BCUT2D eigenvalue weighted by atomic mass is 14.5. The van der Waals surface area contributed by atoms with Gasteiger partial charge in [0.15, 0.2) is 0 Å². The minimum absolute atomic E-state index is 1.26. The van der Waals surface area contributed by atoms with Crippen LogP contribution in [0.5, 0.6) is 0 Å².